The van der Waals surface area contributed by atoms with E-state index >= 15 is 0 Å². The van der Waals surface area contributed by atoms with Crippen LogP contribution in [0.25, 0.3) is 22.7 Å². The molecule has 8 rings (SSSR count). The molecule has 2 aliphatic heterocycles. The van der Waals surface area contributed by atoms with Gasteiger partial charge in [-0.3, -0.25) is 9.47 Å². The van der Waals surface area contributed by atoms with Crippen molar-refractivity contribution in [2.75, 3.05) is 38.7 Å². The fourth-order valence-electron chi connectivity index (χ4n) is 8.93. The maximum absolute atomic E-state index is 14.1. The summed E-state index contributed by atoms with van der Waals surface area (Å²) in [6, 6.07) is 32.0. The van der Waals surface area contributed by atoms with Gasteiger partial charge in [-0.2, -0.15) is 10.4 Å². The molecular weight excluding hydrogens is 767 g/mol. The number of aryl methyl sites for hydroxylation is 1. The first kappa shape index (κ1) is 40.3. The molecule has 14 heteroatoms. The monoisotopic (exact) mass is 816 g/mol. The Balaban J connectivity index is 1.01. The predicted octanol–water partition coefficient (Wildman–Crippen LogP) is 7.34. The number of hydrogen-bond acceptors (Lipinski definition) is 9. The second kappa shape index (κ2) is 15.9. The molecule has 306 valence electrons. The van der Waals surface area contributed by atoms with Gasteiger partial charge in [0.1, 0.15) is 24.0 Å². The number of nitriles is 1. The van der Waals surface area contributed by atoms with Gasteiger partial charge in [-0.1, -0.05) is 81.4 Å². The van der Waals surface area contributed by atoms with Gasteiger partial charge in [0.05, 0.1) is 54.3 Å². The zero-order chi connectivity index (χ0) is 41.5. The van der Waals surface area contributed by atoms with Crippen LogP contribution < -0.4 is 20.4 Å². The first-order chi connectivity index (χ1) is 28.4. The number of fused-ring (bicyclic) bond motifs is 1. The number of ether oxygens (including phenoxy) is 2. The highest BCUT2D eigenvalue weighted by molar-refractivity contribution is 6.99. The van der Waals surface area contributed by atoms with E-state index in [1.54, 1.807) is 24.9 Å². The molecular formula is C45H50F2N8O3Si. The zero-order valence-electron chi connectivity index (χ0n) is 34.3. The minimum Gasteiger partial charge on any atom is -0.495 e. The van der Waals surface area contributed by atoms with Crippen LogP contribution in [0.1, 0.15) is 63.9 Å². The molecule has 59 heavy (non-hydrogen) atoms. The first-order valence-corrected chi connectivity index (χ1v) is 22.0. The van der Waals surface area contributed by atoms with Gasteiger partial charge in [0, 0.05) is 30.9 Å². The number of rotatable bonds is 11. The Morgan fingerprint density at radius 2 is 1.66 bits per heavy atom. The molecule has 3 aromatic heterocycles. The minimum atomic E-state index is -2.80. The Morgan fingerprint density at radius 1 is 0.983 bits per heavy atom. The summed E-state index contributed by atoms with van der Waals surface area (Å²) in [4.78, 5) is 11.8. The summed E-state index contributed by atoms with van der Waals surface area (Å²) in [5, 5.41) is 19.7. The van der Waals surface area contributed by atoms with Crippen molar-refractivity contribution in [3.63, 3.8) is 0 Å². The molecule has 0 saturated carbocycles. The standard InChI is InChI=1S/C45H50F2N8O3Si/c1-30-23-32(26-48)52-55(30)43-35(42(46)47)17-18-41(51-43)54-29-49-36-24-37(39(56-6)25-38(36)54)50-31-19-21-53(22-20-31)45(5)28-57-27-40(45)58-59(44(2,3)4,33-13-9-7-10-14-33)34-15-11-8-12-16-34/h7-18,23-25,29,31,40,42,50H,19-22,27-28H2,1-6H3/t40-,45+/m0/s1. The van der Waals surface area contributed by atoms with Crippen LogP contribution in [0.2, 0.25) is 5.04 Å². The third-order valence-electron chi connectivity index (χ3n) is 12.1. The highest BCUT2D eigenvalue weighted by Gasteiger charge is 2.56. The number of methoxy groups -OCH3 is 1. The maximum atomic E-state index is 14.1. The predicted molar refractivity (Wildman–Crippen MR) is 227 cm³/mol. The van der Waals surface area contributed by atoms with Crippen LogP contribution in [0.4, 0.5) is 14.5 Å². The molecule has 1 N–H and O–H groups in total. The van der Waals surface area contributed by atoms with Gasteiger partial charge >= 0.3 is 0 Å². The van der Waals surface area contributed by atoms with Crippen molar-refractivity contribution in [1.29, 1.82) is 5.26 Å². The Kier molecular flexibility index (Phi) is 10.9. The van der Waals surface area contributed by atoms with E-state index in [1.807, 2.05) is 18.2 Å². The molecule has 6 aromatic rings. The molecule has 2 fully saturated rings. The largest absolute Gasteiger partial charge is 0.495 e. The fraction of sp³-hybridized carbons (Fsp3) is 0.378. The van der Waals surface area contributed by atoms with E-state index in [9.17, 15) is 14.0 Å². The van der Waals surface area contributed by atoms with Crippen molar-refractivity contribution in [3.05, 3.63) is 114 Å². The van der Waals surface area contributed by atoms with Crippen molar-refractivity contribution in [2.24, 2.45) is 0 Å². The number of alkyl halides is 2. The molecule has 5 heterocycles. The third kappa shape index (κ3) is 7.30. The SMILES string of the molecule is COc1cc2c(cc1NC1CCN([C@]3(C)COC[C@@H]3O[Si](c3ccccc3)(c3ccccc3)C(C)(C)C)CC1)ncn2-c1ccc(C(F)F)c(-n2nc(C#N)cc2C)n1. The molecule has 3 aromatic carbocycles. The van der Waals surface area contributed by atoms with Crippen molar-refractivity contribution in [2.45, 2.75) is 76.6 Å². The van der Waals surface area contributed by atoms with Crippen LogP contribution in [-0.4, -0.2) is 88.6 Å². The van der Waals surface area contributed by atoms with Crippen molar-refractivity contribution >= 4 is 35.4 Å². The summed E-state index contributed by atoms with van der Waals surface area (Å²) in [7, 11) is -1.17. The number of nitrogens with one attached hydrogen (secondary N) is 1. The number of piperidine rings is 1. The number of benzene rings is 3. The summed E-state index contributed by atoms with van der Waals surface area (Å²) in [5.74, 6) is 0.952. The van der Waals surface area contributed by atoms with Gasteiger partial charge in [0.15, 0.2) is 11.5 Å². The molecule has 0 aliphatic carbocycles. The van der Waals surface area contributed by atoms with Gasteiger partial charge < -0.3 is 19.2 Å². The lowest BCUT2D eigenvalue weighted by Crippen LogP contribution is -2.70. The lowest BCUT2D eigenvalue weighted by Gasteiger charge is -2.50. The van der Waals surface area contributed by atoms with E-state index in [0.29, 0.717) is 41.5 Å². The molecule has 0 amide bonds. The summed E-state index contributed by atoms with van der Waals surface area (Å²) < 4.78 is 51.2. The van der Waals surface area contributed by atoms with Gasteiger partial charge in [-0.15, -0.1) is 0 Å². The van der Waals surface area contributed by atoms with Gasteiger partial charge in [0.25, 0.3) is 14.7 Å². The van der Waals surface area contributed by atoms with Crippen LogP contribution in [0.3, 0.4) is 0 Å². The molecule has 0 unspecified atom stereocenters. The molecule has 2 atom stereocenters. The number of imidazole rings is 1. The quantitative estimate of drug-likeness (QED) is 0.134. The average molecular weight is 817 g/mol. The first-order valence-electron chi connectivity index (χ1n) is 20.1. The van der Waals surface area contributed by atoms with E-state index in [2.05, 4.69) is 114 Å². The Labute approximate surface area is 344 Å². The summed E-state index contributed by atoms with van der Waals surface area (Å²) >= 11 is 0. The van der Waals surface area contributed by atoms with E-state index in [4.69, 9.17) is 13.9 Å². The van der Waals surface area contributed by atoms with Crippen LogP contribution >= 0.6 is 0 Å². The molecule has 2 saturated heterocycles. The highest BCUT2D eigenvalue weighted by atomic mass is 28.4. The third-order valence-corrected chi connectivity index (χ3v) is 17.2. The lowest BCUT2D eigenvalue weighted by atomic mass is 9.92. The topological polar surface area (TPSA) is 115 Å². The number of pyridine rings is 1. The highest BCUT2D eigenvalue weighted by Crippen LogP contribution is 2.42. The van der Waals surface area contributed by atoms with E-state index in [-0.39, 0.29) is 39.8 Å². The van der Waals surface area contributed by atoms with Crippen LogP contribution in [-0.2, 0) is 9.16 Å². The normalized spacial score (nSPS) is 19.4. The van der Waals surface area contributed by atoms with E-state index in [0.717, 1.165) is 31.6 Å². The molecule has 0 radical (unpaired) electrons. The minimum absolute atomic E-state index is 0.0474. The number of halogens is 2. The van der Waals surface area contributed by atoms with Crippen LogP contribution in [0.5, 0.6) is 5.75 Å². The summed E-state index contributed by atoms with van der Waals surface area (Å²) in [5.41, 5.74) is 2.24. The van der Waals surface area contributed by atoms with Crippen molar-refractivity contribution in [3.8, 4) is 23.5 Å². The maximum Gasteiger partial charge on any atom is 0.267 e. The van der Waals surface area contributed by atoms with Gasteiger partial charge in [-0.05, 0) is 66.4 Å². The average Bonchev–Trinajstić information content (AvgIpc) is 3.95. The molecule has 0 bridgehead atoms. The van der Waals surface area contributed by atoms with Crippen molar-refractivity contribution in [1.82, 2.24) is 29.2 Å². The Morgan fingerprint density at radius 3 is 2.25 bits per heavy atom. The van der Waals surface area contributed by atoms with E-state index < -0.39 is 14.7 Å². The van der Waals surface area contributed by atoms with Crippen molar-refractivity contribution < 1.29 is 22.7 Å². The fourth-order valence-corrected chi connectivity index (χ4v) is 13.7. The Bertz CT molecular complexity index is 2430. The Hall–Kier alpha value is -5.46. The zero-order valence-corrected chi connectivity index (χ0v) is 35.3. The number of anilines is 1. The number of nitrogens with zero attached hydrogens (tertiary/aromatic N) is 7. The number of likely N-dealkylation sites (tertiary alicyclic amines) is 1. The van der Waals surface area contributed by atoms with E-state index in [1.165, 1.54) is 33.3 Å². The lowest BCUT2D eigenvalue weighted by molar-refractivity contribution is 0.00646. The summed E-state index contributed by atoms with van der Waals surface area (Å²) in [6.07, 6.45) is 0.513. The second-order valence-corrected chi connectivity index (χ2v) is 21.0. The number of hydrogen-bond donors (Lipinski definition) is 1. The van der Waals surface area contributed by atoms with Crippen LogP contribution in [0.15, 0.2) is 97.3 Å². The summed E-state index contributed by atoms with van der Waals surface area (Å²) in [6.45, 7) is 13.8. The van der Waals surface area contributed by atoms with Gasteiger partial charge in [0.2, 0.25) is 0 Å². The van der Waals surface area contributed by atoms with Gasteiger partial charge in [-0.25, -0.2) is 23.4 Å². The molecule has 11 nitrogen and oxygen atoms in total. The second-order valence-electron chi connectivity index (χ2n) is 16.8. The smallest absolute Gasteiger partial charge is 0.267 e. The molecule has 2 aliphatic rings. The number of aromatic nitrogens is 5. The molecule has 0 spiro atoms. The van der Waals surface area contributed by atoms with Crippen LogP contribution in [0, 0.1) is 18.3 Å².